The molecule has 0 saturated carbocycles. The van der Waals surface area contributed by atoms with Crippen LogP contribution in [0.25, 0.3) is 0 Å². The smallest absolute Gasteiger partial charge is 0.320 e. The highest BCUT2D eigenvalue weighted by Crippen LogP contribution is 2.21. The molecule has 20 heavy (non-hydrogen) atoms. The number of hydrogen-bond acceptors (Lipinski definition) is 3. The molecule has 1 aliphatic heterocycles. The molecule has 1 aromatic rings. The van der Waals surface area contributed by atoms with Gasteiger partial charge in [-0.05, 0) is 30.9 Å². The molecular formula is C15H20N2O3. The van der Waals surface area contributed by atoms with Gasteiger partial charge in [-0.2, -0.15) is 0 Å². The van der Waals surface area contributed by atoms with Crippen LogP contribution >= 0.6 is 0 Å². The summed E-state index contributed by atoms with van der Waals surface area (Å²) in [4.78, 5) is 23.4. The monoisotopic (exact) mass is 276 g/mol. The van der Waals surface area contributed by atoms with Crippen molar-refractivity contribution >= 4 is 17.6 Å². The van der Waals surface area contributed by atoms with Crippen molar-refractivity contribution < 1.29 is 14.7 Å². The van der Waals surface area contributed by atoms with E-state index in [1.807, 2.05) is 31.2 Å². The molecule has 108 valence electrons. The van der Waals surface area contributed by atoms with Crippen LogP contribution in [0, 0.1) is 0 Å². The minimum absolute atomic E-state index is 0.155. The Hall–Kier alpha value is -1.88. The molecule has 2 rings (SSSR count). The zero-order valence-electron chi connectivity index (χ0n) is 11.6. The van der Waals surface area contributed by atoms with Gasteiger partial charge in [-0.3, -0.25) is 14.9 Å². The number of anilines is 1. The quantitative estimate of drug-likeness (QED) is 0.766. The number of para-hydroxylation sites is 1. The van der Waals surface area contributed by atoms with Crippen LogP contribution in [-0.2, 0) is 16.0 Å². The summed E-state index contributed by atoms with van der Waals surface area (Å²) >= 11 is 0. The Morgan fingerprint density at radius 2 is 2.25 bits per heavy atom. The molecule has 1 heterocycles. The highest BCUT2D eigenvalue weighted by Gasteiger charge is 2.27. The molecule has 1 aromatic carbocycles. The lowest BCUT2D eigenvalue weighted by Crippen LogP contribution is -2.48. The van der Waals surface area contributed by atoms with Gasteiger partial charge < -0.3 is 10.4 Å². The summed E-state index contributed by atoms with van der Waals surface area (Å²) in [5, 5.41) is 15.0. The van der Waals surface area contributed by atoms with Gasteiger partial charge in [-0.15, -0.1) is 0 Å². The molecule has 3 N–H and O–H groups in total. The van der Waals surface area contributed by atoms with Gasteiger partial charge in [0.15, 0.2) is 0 Å². The number of carbonyl (C=O) groups is 2. The van der Waals surface area contributed by atoms with Gasteiger partial charge in [-0.1, -0.05) is 31.5 Å². The first-order valence-corrected chi connectivity index (χ1v) is 6.99. The standard InChI is InChI=1S/C15H20N2O3/c1-2-5-13(15(19)20)16-12-9-8-10-6-3-4-7-11(10)17-14(12)18/h3-4,6-7,12-13,16H,2,5,8-9H2,1H3,(H,17,18)(H,19,20). The van der Waals surface area contributed by atoms with Crippen molar-refractivity contribution in [1.29, 1.82) is 0 Å². The molecule has 1 aliphatic rings. The summed E-state index contributed by atoms with van der Waals surface area (Å²) in [6.07, 6.45) is 2.64. The zero-order valence-corrected chi connectivity index (χ0v) is 11.6. The summed E-state index contributed by atoms with van der Waals surface area (Å²) in [5.41, 5.74) is 1.91. The van der Waals surface area contributed by atoms with Crippen molar-refractivity contribution in [3.63, 3.8) is 0 Å². The molecule has 0 radical (unpaired) electrons. The van der Waals surface area contributed by atoms with E-state index in [4.69, 9.17) is 0 Å². The van der Waals surface area contributed by atoms with Crippen LogP contribution in [0.4, 0.5) is 5.69 Å². The number of nitrogens with one attached hydrogen (secondary N) is 2. The Bertz CT molecular complexity index is 502. The number of aliphatic carboxylic acids is 1. The maximum absolute atomic E-state index is 12.2. The Labute approximate surface area is 118 Å². The van der Waals surface area contributed by atoms with E-state index in [1.54, 1.807) is 0 Å². The number of benzene rings is 1. The van der Waals surface area contributed by atoms with Crippen LogP contribution in [0.1, 0.15) is 31.7 Å². The first kappa shape index (κ1) is 14.5. The van der Waals surface area contributed by atoms with Gasteiger partial charge in [0.1, 0.15) is 6.04 Å². The largest absolute Gasteiger partial charge is 0.480 e. The van der Waals surface area contributed by atoms with Crippen LogP contribution in [0.3, 0.4) is 0 Å². The molecule has 2 atom stereocenters. The Kier molecular flexibility index (Phi) is 4.74. The predicted molar refractivity (Wildman–Crippen MR) is 76.6 cm³/mol. The number of hydrogen-bond donors (Lipinski definition) is 3. The van der Waals surface area contributed by atoms with Crippen LogP contribution in [0.15, 0.2) is 24.3 Å². The van der Waals surface area contributed by atoms with Crippen molar-refractivity contribution in [1.82, 2.24) is 5.32 Å². The number of rotatable bonds is 5. The molecule has 0 aromatic heterocycles. The average molecular weight is 276 g/mol. The zero-order chi connectivity index (χ0) is 14.5. The number of carboxylic acid groups (broad SMARTS) is 1. The molecule has 0 saturated heterocycles. The molecule has 5 heteroatoms. The SMILES string of the molecule is CCCC(NC1CCc2ccccc2NC1=O)C(=O)O. The van der Waals surface area contributed by atoms with Gasteiger partial charge in [0.2, 0.25) is 5.91 Å². The maximum atomic E-state index is 12.2. The number of fused-ring (bicyclic) bond motifs is 1. The summed E-state index contributed by atoms with van der Waals surface area (Å²) in [7, 11) is 0. The molecule has 0 aliphatic carbocycles. The number of amides is 1. The van der Waals surface area contributed by atoms with Gasteiger partial charge in [0.25, 0.3) is 0 Å². The van der Waals surface area contributed by atoms with Crippen molar-refractivity contribution in [3.8, 4) is 0 Å². The second-order valence-electron chi connectivity index (χ2n) is 5.08. The Balaban J connectivity index is 2.08. The highest BCUT2D eigenvalue weighted by atomic mass is 16.4. The average Bonchev–Trinajstić information content (AvgIpc) is 2.57. The van der Waals surface area contributed by atoms with E-state index in [-0.39, 0.29) is 5.91 Å². The third-order valence-corrected chi connectivity index (χ3v) is 3.57. The second-order valence-corrected chi connectivity index (χ2v) is 5.08. The molecule has 0 bridgehead atoms. The maximum Gasteiger partial charge on any atom is 0.320 e. The van der Waals surface area contributed by atoms with Gasteiger partial charge >= 0.3 is 5.97 Å². The van der Waals surface area contributed by atoms with E-state index in [0.29, 0.717) is 12.8 Å². The van der Waals surface area contributed by atoms with Crippen LogP contribution < -0.4 is 10.6 Å². The minimum atomic E-state index is -0.901. The highest BCUT2D eigenvalue weighted by molar-refractivity contribution is 5.96. The lowest BCUT2D eigenvalue weighted by molar-refractivity contribution is -0.140. The van der Waals surface area contributed by atoms with Crippen LogP contribution in [0.5, 0.6) is 0 Å². The lowest BCUT2D eigenvalue weighted by Gasteiger charge is -2.20. The summed E-state index contributed by atoms with van der Waals surface area (Å²) in [5.74, 6) is -1.06. The topological polar surface area (TPSA) is 78.4 Å². The number of aryl methyl sites for hydroxylation is 1. The second kappa shape index (κ2) is 6.52. The Morgan fingerprint density at radius 1 is 1.50 bits per heavy atom. The lowest BCUT2D eigenvalue weighted by atomic mass is 10.0. The van der Waals surface area contributed by atoms with Gasteiger partial charge in [0, 0.05) is 5.69 Å². The third-order valence-electron chi connectivity index (χ3n) is 3.57. The predicted octanol–water partition coefficient (Wildman–Crippen LogP) is 1.78. The molecule has 0 spiro atoms. The van der Waals surface area contributed by atoms with E-state index in [1.165, 1.54) is 0 Å². The summed E-state index contributed by atoms with van der Waals surface area (Å²) in [6, 6.07) is 6.54. The third kappa shape index (κ3) is 3.36. The molecule has 1 amide bonds. The van der Waals surface area contributed by atoms with Crippen molar-refractivity contribution in [3.05, 3.63) is 29.8 Å². The number of carboxylic acids is 1. The Morgan fingerprint density at radius 3 is 2.95 bits per heavy atom. The van der Waals surface area contributed by atoms with Crippen LogP contribution in [-0.4, -0.2) is 29.1 Å². The normalized spacial score (nSPS) is 19.6. The van der Waals surface area contributed by atoms with Crippen molar-refractivity contribution in [2.24, 2.45) is 0 Å². The first-order valence-electron chi connectivity index (χ1n) is 6.99. The fourth-order valence-corrected chi connectivity index (χ4v) is 2.48. The summed E-state index contributed by atoms with van der Waals surface area (Å²) < 4.78 is 0. The fraction of sp³-hybridized carbons (Fsp3) is 0.467. The fourth-order valence-electron chi connectivity index (χ4n) is 2.48. The van der Waals surface area contributed by atoms with E-state index in [0.717, 1.165) is 24.1 Å². The molecular weight excluding hydrogens is 256 g/mol. The van der Waals surface area contributed by atoms with Gasteiger partial charge in [-0.25, -0.2) is 0 Å². The summed E-state index contributed by atoms with van der Waals surface area (Å²) in [6.45, 7) is 1.93. The van der Waals surface area contributed by atoms with Gasteiger partial charge in [0.05, 0.1) is 6.04 Å². The van der Waals surface area contributed by atoms with E-state index in [2.05, 4.69) is 10.6 Å². The van der Waals surface area contributed by atoms with E-state index < -0.39 is 18.1 Å². The first-order chi connectivity index (χ1) is 9.61. The van der Waals surface area contributed by atoms with E-state index >= 15 is 0 Å². The van der Waals surface area contributed by atoms with E-state index in [9.17, 15) is 14.7 Å². The molecule has 5 nitrogen and oxygen atoms in total. The van der Waals surface area contributed by atoms with Crippen molar-refractivity contribution in [2.45, 2.75) is 44.7 Å². The molecule has 0 fully saturated rings. The minimum Gasteiger partial charge on any atom is -0.480 e. The molecule has 2 unspecified atom stereocenters. The van der Waals surface area contributed by atoms with Crippen molar-refractivity contribution in [2.75, 3.05) is 5.32 Å². The number of carbonyl (C=O) groups excluding carboxylic acids is 1. The van der Waals surface area contributed by atoms with Crippen LogP contribution in [0.2, 0.25) is 0 Å².